The molecule has 0 heterocycles. The second-order valence-electron chi connectivity index (χ2n) is 13.5. The summed E-state index contributed by atoms with van der Waals surface area (Å²) in [6.07, 6.45) is 1.89. The van der Waals surface area contributed by atoms with E-state index in [4.69, 9.17) is 14.2 Å². The van der Waals surface area contributed by atoms with Crippen LogP contribution in [0.1, 0.15) is 145 Å². The molecule has 0 radical (unpaired) electrons. The minimum atomic E-state index is -5.07. The number of carbonyl (C=O) groups excluding carboxylic acids is 1. The van der Waals surface area contributed by atoms with Gasteiger partial charge in [0.2, 0.25) is 5.75 Å². The fourth-order valence-corrected chi connectivity index (χ4v) is 8.22. The molecule has 0 unspecified atom stereocenters. The van der Waals surface area contributed by atoms with Crippen molar-refractivity contribution in [1.29, 1.82) is 0 Å². The van der Waals surface area contributed by atoms with Crippen LogP contribution in [0.4, 0.5) is 13.2 Å². The monoisotopic (exact) mass is 683 g/mol. The lowest BCUT2D eigenvalue weighted by atomic mass is 9.91. The second kappa shape index (κ2) is 13.9. The van der Waals surface area contributed by atoms with Crippen molar-refractivity contribution in [3.8, 4) is 23.0 Å². The summed E-state index contributed by atoms with van der Waals surface area (Å²) in [5, 5.41) is 0. The fraction of sp³-hybridized carbons (Fsp3) is 0.629. The molecule has 0 bridgehead atoms. The molecule has 0 N–H and O–H groups in total. The maximum atomic E-state index is 14.0. The molecule has 2 saturated carbocycles. The Balaban J connectivity index is 1.91. The van der Waals surface area contributed by atoms with Crippen molar-refractivity contribution in [3.63, 3.8) is 0 Å². The highest BCUT2D eigenvalue weighted by Gasteiger charge is 2.42. The Morgan fingerprint density at radius 1 is 0.851 bits per heavy atom. The molecule has 0 saturated heterocycles. The van der Waals surface area contributed by atoms with Crippen LogP contribution >= 0.6 is 0 Å². The molecule has 4 rings (SSSR count). The van der Waals surface area contributed by atoms with E-state index in [9.17, 15) is 30.9 Å². The lowest BCUT2D eigenvalue weighted by Crippen LogP contribution is -2.34. The van der Waals surface area contributed by atoms with Crippen LogP contribution in [-0.2, 0) is 10.1 Å². The number of esters is 1. The van der Waals surface area contributed by atoms with Crippen molar-refractivity contribution in [3.05, 3.63) is 40.5 Å². The number of hydrogen-bond acceptors (Lipinski definition) is 8. The first-order valence-electron chi connectivity index (χ1n) is 16.5. The highest BCUT2D eigenvalue weighted by Crippen LogP contribution is 2.49. The molecule has 8 nitrogen and oxygen atoms in total. The van der Waals surface area contributed by atoms with Crippen molar-refractivity contribution in [2.75, 3.05) is 0 Å². The van der Waals surface area contributed by atoms with Crippen molar-refractivity contribution < 1.29 is 49.9 Å². The Hall–Kier alpha value is -2.99. The summed E-state index contributed by atoms with van der Waals surface area (Å²) >= 11 is 0. The molecule has 47 heavy (non-hydrogen) atoms. The highest BCUT2D eigenvalue weighted by atomic mass is 32.2. The number of rotatable bonds is 12. The molecule has 2 aromatic rings. The van der Waals surface area contributed by atoms with E-state index in [2.05, 4.69) is 4.74 Å². The maximum Gasteiger partial charge on any atom is 0.573 e. The van der Waals surface area contributed by atoms with Crippen molar-refractivity contribution >= 4 is 16.1 Å². The minimum absolute atomic E-state index is 0.0563. The van der Waals surface area contributed by atoms with Gasteiger partial charge in [0.15, 0.2) is 11.5 Å². The van der Waals surface area contributed by atoms with Crippen LogP contribution in [0, 0.1) is 6.92 Å². The molecule has 0 aromatic heterocycles. The predicted octanol–water partition coefficient (Wildman–Crippen LogP) is 9.47. The first-order chi connectivity index (χ1) is 21.8. The zero-order valence-electron chi connectivity index (χ0n) is 28.3. The summed E-state index contributed by atoms with van der Waals surface area (Å²) in [7, 11) is -4.86. The molecule has 0 amide bonds. The lowest BCUT2D eigenvalue weighted by molar-refractivity contribution is -0.276. The molecule has 0 atom stereocenters. The van der Waals surface area contributed by atoms with E-state index in [1.807, 2.05) is 13.8 Å². The average Bonchev–Trinajstić information content (AvgIpc) is 3.63. The van der Waals surface area contributed by atoms with Gasteiger partial charge in [0.05, 0.1) is 10.5 Å². The molecule has 262 valence electrons. The molecule has 2 fully saturated rings. The maximum absolute atomic E-state index is 14.0. The third kappa shape index (κ3) is 8.18. The molecule has 0 aliphatic heterocycles. The van der Waals surface area contributed by atoms with Crippen LogP contribution in [0.15, 0.2) is 23.1 Å². The number of halogens is 3. The highest BCUT2D eigenvalue weighted by molar-refractivity contribution is 7.85. The van der Waals surface area contributed by atoms with Gasteiger partial charge in [-0.3, -0.25) is 0 Å². The van der Waals surface area contributed by atoms with Gasteiger partial charge in [-0.05, 0) is 112 Å². The van der Waals surface area contributed by atoms with Crippen molar-refractivity contribution in [2.24, 2.45) is 0 Å². The zero-order chi connectivity index (χ0) is 34.9. The summed E-state index contributed by atoms with van der Waals surface area (Å²) in [5.74, 6) is -2.79. The molecule has 0 spiro atoms. The van der Waals surface area contributed by atoms with Gasteiger partial charge in [0.25, 0.3) is 0 Å². The summed E-state index contributed by atoms with van der Waals surface area (Å²) in [5.41, 5.74) is -0.877. The van der Waals surface area contributed by atoms with Crippen LogP contribution in [0.5, 0.6) is 23.0 Å². The van der Waals surface area contributed by atoms with Gasteiger partial charge in [-0.15, -0.1) is 13.2 Å². The van der Waals surface area contributed by atoms with E-state index in [1.165, 1.54) is 25.1 Å². The van der Waals surface area contributed by atoms with Crippen molar-refractivity contribution in [1.82, 2.24) is 0 Å². The summed E-state index contributed by atoms with van der Waals surface area (Å²) < 4.78 is 102. The third-order valence-corrected chi connectivity index (χ3v) is 10.7. The Labute approximate surface area is 276 Å². The van der Waals surface area contributed by atoms with Crippen LogP contribution in [-0.4, -0.2) is 36.5 Å². The third-order valence-electron chi connectivity index (χ3n) is 9.66. The fourth-order valence-electron chi connectivity index (χ4n) is 7.15. The SMILES string of the molecule is CCC1(Oc2cc(C(=O)Oc3cc(C(C)C)c(S(=O)(=O)[O-])c(C)c3C(C)C)cc(OC3(CC)CCCC3)c2OC(F)(F)F)CCCC1. The van der Waals surface area contributed by atoms with Gasteiger partial charge in [0.1, 0.15) is 27.1 Å². The topological polar surface area (TPSA) is 111 Å². The second-order valence-corrected chi connectivity index (χ2v) is 14.8. The Bertz CT molecular complexity index is 1520. The predicted molar refractivity (Wildman–Crippen MR) is 170 cm³/mol. The van der Waals surface area contributed by atoms with Gasteiger partial charge >= 0.3 is 12.3 Å². The summed E-state index contributed by atoms with van der Waals surface area (Å²) in [6.45, 7) is 12.3. The number of ether oxygens (including phenoxy) is 4. The normalized spacial score (nSPS) is 17.7. The van der Waals surface area contributed by atoms with E-state index in [1.54, 1.807) is 27.7 Å². The summed E-state index contributed by atoms with van der Waals surface area (Å²) in [6, 6.07) is 3.78. The van der Waals surface area contributed by atoms with Gasteiger partial charge < -0.3 is 23.5 Å². The summed E-state index contributed by atoms with van der Waals surface area (Å²) in [4.78, 5) is 13.6. The Morgan fingerprint density at radius 2 is 1.32 bits per heavy atom. The van der Waals surface area contributed by atoms with Crippen LogP contribution in [0.25, 0.3) is 0 Å². The molecular formula is C35H46F3O8S-. The molecule has 12 heteroatoms. The lowest BCUT2D eigenvalue weighted by Gasteiger charge is -2.33. The first-order valence-corrected chi connectivity index (χ1v) is 17.9. The molecule has 2 aromatic carbocycles. The van der Waals surface area contributed by atoms with Gasteiger partial charge in [-0.1, -0.05) is 41.5 Å². The van der Waals surface area contributed by atoms with E-state index in [0.29, 0.717) is 44.1 Å². The van der Waals surface area contributed by atoms with E-state index in [-0.39, 0.29) is 44.8 Å². The van der Waals surface area contributed by atoms with Gasteiger partial charge in [-0.2, -0.15) is 0 Å². The minimum Gasteiger partial charge on any atom is -0.744 e. The number of alkyl halides is 3. The molecule has 2 aliphatic carbocycles. The molecular weight excluding hydrogens is 637 g/mol. The largest absolute Gasteiger partial charge is 0.744 e. The van der Waals surface area contributed by atoms with E-state index in [0.717, 1.165) is 25.7 Å². The van der Waals surface area contributed by atoms with Gasteiger partial charge in [-0.25, -0.2) is 13.2 Å². The molecule has 2 aliphatic rings. The smallest absolute Gasteiger partial charge is 0.573 e. The standard InChI is InChI=1S/C35H47F3O8S/c1-8-33(14-10-11-15-33)44-27-18-24(19-28(30(27)46-35(36,37)38)45-34(9-2)16-12-13-17-34)32(39)43-26-20-25(21(3)4)31(47(40,41)42)23(7)29(26)22(5)6/h18-22H,8-17H2,1-7H3,(H,40,41,42)/p-1. The van der Waals surface area contributed by atoms with E-state index >= 15 is 0 Å². The quantitative estimate of drug-likeness (QED) is 0.124. The van der Waals surface area contributed by atoms with Gasteiger partial charge in [0, 0.05) is 5.56 Å². The number of hydrogen-bond donors (Lipinski definition) is 0. The van der Waals surface area contributed by atoms with E-state index < -0.39 is 45.3 Å². The zero-order valence-corrected chi connectivity index (χ0v) is 29.1. The Morgan fingerprint density at radius 3 is 1.68 bits per heavy atom. The van der Waals surface area contributed by atoms with Crippen LogP contribution in [0.2, 0.25) is 0 Å². The number of benzene rings is 2. The number of carbonyl (C=O) groups is 1. The Kier molecular flexibility index (Phi) is 10.9. The van der Waals surface area contributed by atoms with Crippen LogP contribution in [0.3, 0.4) is 0 Å². The van der Waals surface area contributed by atoms with Crippen LogP contribution < -0.4 is 18.9 Å². The first kappa shape index (κ1) is 36.8. The average molecular weight is 684 g/mol. The van der Waals surface area contributed by atoms with Crippen molar-refractivity contribution in [2.45, 2.75) is 147 Å².